The summed E-state index contributed by atoms with van der Waals surface area (Å²) in [4.78, 5) is 19.3. The Morgan fingerprint density at radius 3 is 2.84 bits per heavy atom. The van der Waals surface area contributed by atoms with Crippen molar-refractivity contribution in [3.8, 4) is 0 Å². The van der Waals surface area contributed by atoms with E-state index in [1.54, 1.807) is 6.20 Å². The van der Waals surface area contributed by atoms with Crippen LogP contribution in [0.4, 0.5) is 0 Å². The van der Waals surface area contributed by atoms with E-state index < -0.39 is 0 Å². The lowest BCUT2D eigenvalue weighted by Crippen LogP contribution is -2.62. The van der Waals surface area contributed by atoms with Gasteiger partial charge in [-0.3, -0.25) is 9.78 Å². The number of aliphatic hydroxyl groups excluding tert-OH is 1. The Labute approximate surface area is 147 Å². The van der Waals surface area contributed by atoms with Crippen LogP contribution in [-0.4, -0.2) is 52.8 Å². The Morgan fingerprint density at radius 1 is 1.32 bits per heavy atom. The number of pyridine rings is 1. The zero-order valence-corrected chi connectivity index (χ0v) is 14.5. The molecule has 1 aliphatic carbocycles. The predicted molar refractivity (Wildman–Crippen MR) is 95.4 cm³/mol. The van der Waals surface area contributed by atoms with Gasteiger partial charge in [-0.2, -0.15) is 0 Å². The zero-order valence-electron chi connectivity index (χ0n) is 14.5. The highest BCUT2D eigenvalue weighted by Gasteiger charge is 2.56. The van der Waals surface area contributed by atoms with Gasteiger partial charge in [-0.25, -0.2) is 0 Å². The van der Waals surface area contributed by atoms with E-state index in [1.165, 1.54) is 0 Å². The molecule has 2 unspecified atom stereocenters. The number of nitrogens with zero attached hydrogens (tertiary/aromatic N) is 2. The van der Waals surface area contributed by atoms with Crippen LogP contribution in [0.1, 0.15) is 36.5 Å². The van der Waals surface area contributed by atoms with E-state index >= 15 is 0 Å². The molecule has 5 heteroatoms. The third-order valence-corrected chi connectivity index (χ3v) is 5.97. The molecule has 1 amide bonds. The highest BCUT2D eigenvalue weighted by Crippen LogP contribution is 2.51. The highest BCUT2D eigenvalue weighted by molar-refractivity contribution is 6.06. The van der Waals surface area contributed by atoms with Gasteiger partial charge in [0, 0.05) is 48.7 Å². The maximum absolute atomic E-state index is 13.0. The van der Waals surface area contributed by atoms with Gasteiger partial charge >= 0.3 is 0 Å². The van der Waals surface area contributed by atoms with E-state index in [4.69, 9.17) is 4.74 Å². The minimum Gasteiger partial charge on any atom is -0.392 e. The topological polar surface area (TPSA) is 62.7 Å². The number of amides is 1. The largest absolute Gasteiger partial charge is 0.392 e. The fraction of sp³-hybridized carbons (Fsp3) is 0.500. The third-order valence-electron chi connectivity index (χ3n) is 5.97. The molecule has 5 nitrogen and oxygen atoms in total. The summed E-state index contributed by atoms with van der Waals surface area (Å²) < 4.78 is 5.81. The van der Waals surface area contributed by atoms with Crippen LogP contribution in [0.15, 0.2) is 36.5 Å². The summed E-state index contributed by atoms with van der Waals surface area (Å²) in [6.07, 6.45) is 3.89. The van der Waals surface area contributed by atoms with Crippen molar-refractivity contribution in [2.45, 2.75) is 38.4 Å². The molecule has 1 N–H and O–H groups in total. The Balaban J connectivity index is 1.52. The molecule has 2 heterocycles. The van der Waals surface area contributed by atoms with Gasteiger partial charge in [0.1, 0.15) is 0 Å². The normalized spacial score (nSPS) is 25.1. The molecule has 0 radical (unpaired) electrons. The minimum absolute atomic E-state index is 0.0511. The van der Waals surface area contributed by atoms with Crippen LogP contribution in [0.25, 0.3) is 10.9 Å². The molecule has 4 rings (SSSR count). The van der Waals surface area contributed by atoms with Crippen LogP contribution in [-0.2, 0) is 4.74 Å². The van der Waals surface area contributed by atoms with Crippen molar-refractivity contribution in [3.05, 3.63) is 42.1 Å². The number of ether oxygens (including phenoxy) is 1. The predicted octanol–water partition coefficient (Wildman–Crippen LogP) is 2.63. The van der Waals surface area contributed by atoms with Crippen LogP contribution in [0, 0.1) is 5.41 Å². The molecule has 2 atom stereocenters. The summed E-state index contributed by atoms with van der Waals surface area (Å²) in [5.74, 6) is 0.0511. The molecule has 1 aliphatic heterocycles. The number of hydrogen-bond acceptors (Lipinski definition) is 4. The van der Waals surface area contributed by atoms with Crippen LogP contribution < -0.4 is 0 Å². The molecule has 1 saturated heterocycles. The first-order chi connectivity index (χ1) is 12.2. The lowest BCUT2D eigenvalue weighted by molar-refractivity contribution is -0.207. The molecular weight excluding hydrogens is 316 g/mol. The van der Waals surface area contributed by atoms with E-state index in [0.717, 1.165) is 30.2 Å². The average molecular weight is 340 g/mol. The zero-order chi connectivity index (χ0) is 17.4. The quantitative estimate of drug-likeness (QED) is 0.933. The monoisotopic (exact) mass is 340 g/mol. The fourth-order valence-corrected chi connectivity index (χ4v) is 4.40. The molecule has 2 aliphatic rings. The number of piperidine rings is 1. The van der Waals surface area contributed by atoms with E-state index in [-0.39, 0.29) is 23.5 Å². The fourth-order valence-electron chi connectivity index (χ4n) is 4.40. The number of benzene rings is 1. The molecular formula is C20H24N2O3. The van der Waals surface area contributed by atoms with Crippen LogP contribution >= 0.6 is 0 Å². The first-order valence-corrected chi connectivity index (χ1v) is 9.08. The molecule has 1 aromatic carbocycles. The molecule has 1 aromatic heterocycles. The van der Waals surface area contributed by atoms with E-state index in [1.807, 2.05) is 42.2 Å². The van der Waals surface area contributed by atoms with E-state index in [9.17, 15) is 9.90 Å². The maximum Gasteiger partial charge on any atom is 0.254 e. The van der Waals surface area contributed by atoms with Crippen LogP contribution in [0.3, 0.4) is 0 Å². The molecule has 2 aromatic rings. The van der Waals surface area contributed by atoms with Crippen molar-refractivity contribution < 1.29 is 14.6 Å². The summed E-state index contributed by atoms with van der Waals surface area (Å²) in [6.45, 7) is 3.99. The second-order valence-corrected chi connectivity index (χ2v) is 7.10. The van der Waals surface area contributed by atoms with Gasteiger partial charge in [-0.15, -0.1) is 0 Å². The average Bonchev–Trinajstić information content (AvgIpc) is 2.67. The summed E-state index contributed by atoms with van der Waals surface area (Å²) in [5.41, 5.74) is 1.39. The highest BCUT2D eigenvalue weighted by atomic mass is 16.5. The number of fused-ring (bicyclic) bond motifs is 1. The summed E-state index contributed by atoms with van der Waals surface area (Å²) in [5, 5.41) is 11.2. The number of aliphatic hydroxyl groups is 1. The van der Waals surface area contributed by atoms with Crippen molar-refractivity contribution in [3.63, 3.8) is 0 Å². The molecule has 1 spiro atoms. The number of rotatable bonds is 3. The van der Waals surface area contributed by atoms with Crippen LogP contribution in [0.5, 0.6) is 0 Å². The van der Waals surface area contributed by atoms with Gasteiger partial charge in [0.15, 0.2) is 0 Å². The SMILES string of the molecule is CCOC1CC(O)C12CCN(C(=O)c1cccc3ncccc13)CC2. The smallest absolute Gasteiger partial charge is 0.254 e. The number of likely N-dealkylation sites (tertiary alicyclic amines) is 1. The number of carbonyl (C=O) groups excluding carboxylic acids is 1. The van der Waals surface area contributed by atoms with Gasteiger partial charge < -0.3 is 14.7 Å². The van der Waals surface area contributed by atoms with E-state index in [2.05, 4.69) is 4.98 Å². The van der Waals surface area contributed by atoms with Gasteiger partial charge in [0.2, 0.25) is 0 Å². The van der Waals surface area contributed by atoms with Crippen molar-refractivity contribution in [1.82, 2.24) is 9.88 Å². The lowest BCUT2D eigenvalue weighted by atomic mass is 9.58. The molecule has 2 fully saturated rings. The van der Waals surface area contributed by atoms with Gasteiger partial charge in [0.25, 0.3) is 5.91 Å². The van der Waals surface area contributed by atoms with Gasteiger partial charge in [-0.05, 0) is 38.0 Å². The van der Waals surface area contributed by atoms with Crippen molar-refractivity contribution in [2.75, 3.05) is 19.7 Å². The standard InChI is InChI=1S/C20H24N2O3/c1-2-25-18-13-17(23)20(18)8-11-22(12-9-20)19(24)15-5-3-7-16-14(15)6-4-10-21-16/h3-7,10,17-18,23H,2,8-9,11-13H2,1H3. The summed E-state index contributed by atoms with van der Waals surface area (Å²) in [7, 11) is 0. The van der Waals surface area contributed by atoms with E-state index in [0.29, 0.717) is 25.3 Å². The second kappa shape index (κ2) is 6.39. The Morgan fingerprint density at radius 2 is 2.12 bits per heavy atom. The van der Waals surface area contributed by atoms with Crippen molar-refractivity contribution in [1.29, 1.82) is 0 Å². The third kappa shape index (κ3) is 2.62. The number of aromatic nitrogens is 1. The molecule has 1 saturated carbocycles. The minimum atomic E-state index is -0.303. The summed E-state index contributed by atoms with van der Waals surface area (Å²) >= 11 is 0. The number of hydrogen-bond donors (Lipinski definition) is 1. The second-order valence-electron chi connectivity index (χ2n) is 7.10. The van der Waals surface area contributed by atoms with Gasteiger partial charge in [0.05, 0.1) is 17.7 Å². The van der Waals surface area contributed by atoms with Crippen LogP contribution in [0.2, 0.25) is 0 Å². The molecule has 132 valence electrons. The lowest BCUT2D eigenvalue weighted by Gasteiger charge is -2.56. The van der Waals surface area contributed by atoms with Crippen molar-refractivity contribution in [2.24, 2.45) is 5.41 Å². The Bertz CT molecular complexity index is 776. The van der Waals surface area contributed by atoms with Crippen molar-refractivity contribution >= 4 is 16.8 Å². The first-order valence-electron chi connectivity index (χ1n) is 9.08. The number of carbonyl (C=O) groups is 1. The molecule has 25 heavy (non-hydrogen) atoms. The first kappa shape index (κ1) is 16.5. The van der Waals surface area contributed by atoms with Gasteiger partial charge in [-0.1, -0.05) is 12.1 Å². The molecule has 0 bridgehead atoms. The Hall–Kier alpha value is -1.98. The summed E-state index contributed by atoms with van der Waals surface area (Å²) in [6, 6.07) is 9.49. The maximum atomic E-state index is 13.0. The Kier molecular flexibility index (Phi) is 4.21.